The van der Waals surface area contributed by atoms with E-state index in [9.17, 15) is 8.42 Å². The molecule has 0 unspecified atom stereocenters. The fourth-order valence-electron chi connectivity index (χ4n) is 1.78. The zero-order valence-electron chi connectivity index (χ0n) is 12.6. The smallest absolute Gasteiger partial charge is 0.153 e. The third-order valence-corrected chi connectivity index (χ3v) is 4.65. The van der Waals surface area contributed by atoms with Crippen LogP contribution in [-0.4, -0.2) is 38.2 Å². The van der Waals surface area contributed by atoms with Crippen molar-refractivity contribution in [2.75, 3.05) is 24.7 Å². The fraction of sp³-hybridized carbons (Fsp3) is 0.500. The summed E-state index contributed by atoms with van der Waals surface area (Å²) >= 11 is 0. The number of sulfone groups is 1. The van der Waals surface area contributed by atoms with E-state index in [4.69, 9.17) is 9.84 Å². The second kappa shape index (κ2) is 8.71. The van der Waals surface area contributed by atoms with E-state index in [0.717, 1.165) is 11.1 Å². The topological polar surface area (TPSA) is 63.6 Å². The molecule has 0 aliphatic carbocycles. The number of hydrogen-bond acceptors (Lipinski definition) is 4. The third kappa shape index (κ3) is 6.65. The summed E-state index contributed by atoms with van der Waals surface area (Å²) in [6, 6.07) is 5.47. The van der Waals surface area contributed by atoms with Crippen LogP contribution in [0, 0.1) is 18.8 Å². The molecule has 21 heavy (non-hydrogen) atoms. The van der Waals surface area contributed by atoms with Crippen LogP contribution in [0.25, 0.3) is 0 Å². The van der Waals surface area contributed by atoms with Gasteiger partial charge in [0, 0.05) is 12.0 Å². The van der Waals surface area contributed by atoms with Crippen molar-refractivity contribution in [3.05, 3.63) is 29.3 Å². The van der Waals surface area contributed by atoms with Crippen LogP contribution in [0.3, 0.4) is 0 Å². The highest BCUT2D eigenvalue weighted by atomic mass is 32.2. The molecule has 0 fully saturated rings. The summed E-state index contributed by atoms with van der Waals surface area (Å²) in [5.41, 5.74) is 1.85. The SMILES string of the molecule is CCCS(=O)(=O)CCOc1ccc(C#CCCO)c(C)c1. The Hall–Kier alpha value is -1.51. The van der Waals surface area contributed by atoms with Gasteiger partial charge in [-0.05, 0) is 37.1 Å². The number of ether oxygens (including phenoxy) is 1. The van der Waals surface area contributed by atoms with Crippen molar-refractivity contribution < 1.29 is 18.3 Å². The maximum Gasteiger partial charge on any atom is 0.153 e. The Kier molecular flexibility index (Phi) is 7.27. The van der Waals surface area contributed by atoms with Gasteiger partial charge in [-0.3, -0.25) is 0 Å². The minimum atomic E-state index is -3.01. The molecular formula is C16H22O4S. The molecule has 0 radical (unpaired) electrons. The molecule has 0 aromatic heterocycles. The summed E-state index contributed by atoms with van der Waals surface area (Å²) in [6.07, 6.45) is 1.08. The Morgan fingerprint density at radius 1 is 1.29 bits per heavy atom. The Morgan fingerprint density at radius 2 is 2.05 bits per heavy atom. The minimum Gasteiger partial charge on any atom is -0.493 e. The maximum atomic E-state index is 11.6. The van der Waals surface area contributed by atoms with E-state index in [1.807, 2.05) is 26.0 Å². The summed E-state index contributed by atoms with van der Waals surface area (Å²) in [6.45, 7) is 3.98. The Labute approximate surface area is 127 Å². The standard InChI is InChI=1S/C16H22O4S/c1-3-11-21(18,19)12-10-20-16-8-7-15(14(2)13-16)6-4-5-9-17/h7-8,13,17H,3,5,9-12H2,1-2H3. The van der Waals surface area contributed by atoms with Gasteiger partial charge in [0.15, 0.2) is 9.84 Å². The van der Waals surface area contributed by atoms with Crippen LogP contribution in [0.4, 0.5) is 0 Å². The van der Waals surface area contributed by atoms with Crippen molar-refractivity contribution in [3.8, 4) is 17.6 Å². The van der Waals surface area contributed by atoms with Gasteiger partial charge in [-0.15, -0.1) is 0 Å². The van der Waals surface area contributed by atoms with E-state index < -0.39 is 9.84 Å². The molecule has 0 saturated carbocycles. The van der Waals surface area contributed by atoms with Crippen molar-refractivity contribution in [2.24, 2.45) is 0 Å². The molecule has 1 aromatic carbocycles. The molecule has 1 aromatic rings. The molecule has 1 N–H and O–H groups in total. The number of aliphatic hydroxyl groups excluding tert-OH is 1. The molecule has 0 aliphatic heterocycles. The van der Waals surface area contributed by atoms with Crippen molar-refractivity contribution >= 4 is 9.84 Å². The quantitative estimate of drug-likeness (QED) is 0.782. The average Bonchev–Trinajstić information content (AvgIpc) is 2.41. The van der Waals surface area contributed by atoms with Crippen molar-refractivity contribution in [1.29, 1.82) is 0 Å². The van der Waals surface area contributed by atoms with Crippen molar-refractivity contribution in [1.82, 2.24) is 0 Å². The number of benzene rings is 1. The first kappa shape index (κ1) is 17.5. The van der Waals surface area contributed by atoms with E-state index in [0.29, 0.717) is 18.6 Å². The predicted molar refractivity (Wildman–Crippen MR) is 84.2 cm³/mol. The molecule has 0 heterocycles. The van der Waals surface area contributed by atoms with Gasteiger partial charge in [0.1, 0.15) is 12.4 Å². The van der Waals surface area contributed by atoms with Crippen molar-refractivity contribution in [3.63, 3.8) is 0 Å². The van der Waals surface area contributed by atoms with Gasteiger partial charge in [0.25, 0.3) is 0 Å². The molecule has 0 saturated heterocycles. The minimum absolute atomic E-state index is 0.0396. The highest BCUT2D eigenvalue weighted by Crippen LogP contribution is 2.16. The summed E-state index contributed by atoms with van der Waals surface area (Å²) < 4.78 is 28.6. The molecule has 4 nitrogen and oxygen atoms in total. The van der Waals surface area contributed by atoms with E-state index in [2.05, 4.69) is 11.8 Å². The first-order valence-electron chi connectivity index (χ1n) is 7.02. The van der Waals surface area contributed by atoms with Crippen LogP contribution in [0.2, 0.25) is 0 Å². The van der Waals surface area contributed by atoms with Crippen LogP contribution >= 0.6 is 0 Å². The van der Waals surface area contributed by atoms with Crippen LogP contribution in [0.15, 0.2) is 18.2 Å². The lowest BCUT2D eigenvalue weighted by molar-refractivity contribution is 0.305. The van der Waals surface area contributed by atoms with Crippen LogP contribution < -0.4 is 4.74 Å². The largest absolute Gasteiger partial charge is 0.493 e. The van der Waals surface area contributed by atoms with Gasteiger partial charge < -0.3 is 9.84 Å². The van der Waals surface area contributed by atoms with E-state index in [1.165, 1.54) is 0 Å². The summed E-state index contributed by atoms with van der Waals surface area (Å²) in [7, 11) is -3.01. The summed E-state index contributed by atoms with van der Waals surface area (Å²) in [5.74, 6) is 6.73. The third-order valence-electron chi connectivity index (χ3n) is 2.84. The Bertz CT molecular complexity index is 609. The normalized spacial score (nSPS) is 10.8. The highest BCUT2D eigenvalue weighted by Gasteiger charge is 2.09. The van der Waals surface area contributed by atoms with Crippen LogP contribution in [0.5, 0.6) is 5.75 Å². The molecule has 0 amide bonds. The Morgan fingerprint density at radius 3 is 2.67 bits per heavy atom. The second-order valence-electron chi connectivity index (χ2n) is 4.75. The lowest BCUT2D eigenvalue weighted by Crippen LogP contribution is -2.16. The highest BCUT2D eigenvalue weighted by molar-refractivity contribution is 7.91. The van der Waals surface area contributed by atoms with Gasteiger partial charge in [-0.1, -0.05) is 18.8 Å². The van der Waals surface area contributed by atoms with Gasteiger partial charge in [-0.25, -0.2) is 8.42 Å². The van der Waals surface area contributed by atoms with Gasteiger partial charge in [0.05, 0.1) is 18.1 Å². The molecule has 5 heteroatoms. The lowest BCUT2D eigenvalue weighted by Gasteiger charge is -2.08. The number of aliphatic hydroxyl groups is 1. The average molecular weight is 310 g/mol. The van der Waals surface area contributed by atoms with Crippen LogP contribution in [-0.2, 0) is 9.84 Å². The Balaban J connectivity index is 2.59. The zero-order valence-corrected chi connectivity index (χ0v) is 13.4. The molecule has 0 atom stereocenters. The van der Waals surface area contributed by atoms with E-state index in [-0.39, 0.29) is 24.7 Å². The maximum absolute atomic E-state index is 11.6. The molecule has 0 bridgehead atoms. The molecule has 0 aliphatic rings. The molecule has 1 rings (SSSR count). The number of rotatable bonds is 7. The van der Waals surface area contributed by atoms with E-state index in [1.54, 1.807) is 6.07 Å². The zero-order chi connectivity index (χ0) is 15.7. The monoisotopic (exact) mass is 310 g/mol. The molecule has 0 spiro atoms. The number of hydrogen-bond donors (Lipinski definition) is 1. The molecule has 116 valence electrons. The van der Waals surface area contributed by atoms with Gasteiger partial charge >= 0.3 is 0 Å². The lowest BCUT2D eigenvalue weighted by atomic mass is 10.1. The fourth-order valence-corrected chi connectivity index (χ4v) is 2.94. The first-order valence-corrected chi connectivity index (χ1v) is 8.84. The van der Waals surface area contributed by atoms with Crippen molar-refractivity contribution in [2.45, 2.75) is 26.7 Å². The van der Waals surface area contributed by atoms with Gasteiger partial charge in [0.2, 0.25) is 0 Å². The predicted octanol–water partition coefficient (Wildman–Crippen LogP) is 1.93. The first-order chi connectivity index (χ1) is 9.98. The van der Waals surface area contributed by atoms with E-state index >= 15 is 0 Å². The summed E-state index contributed by atoms with van der Waals surface area (Å²) in [4.78, 5) is 0. The number of aryl methyl sites for hydroxylation is 1. The molecular weight excluding hydrogens is 288 g/mol. The summed E-state index contributed by atoms with van der Waals surface area (Å²) in [5, 5.41) is 8.69. The van der Waals surface area contributed by atoms with Crippen LogP contribution in [0.1, 0.15) is 30.9 Å². The second-order valence-corrected chi connectivity index (χ2v) is 7.06. The van der Waals surface area contributed by atoms with Gasteiger partial charge in [-0.2, -0.15) is 0 Å².